The van der Waals surface area contributed by atoms with Crippen LogP contribution in [0.15, 0.2) is 0 Å². The van der Waals surface area contributed by atoms with E-state index >= 15 is 0 Å². The van der Waals surface area contributed by atoms with Gasteiger partial charge < -0.3 is 0 Å². The second kappa shape index (κ2) is 5.51. The summed E-state index contributed by atoms with van der Waals surface area (Å²) in [5, 5.41) is 0. The molecule has 0 nitrogen and oxygen atoms in total. The van der Waals surface area contributed by atoms with Gasteiger partial charge in [-0.05, 0) is 12.3 Å². The standard InChI is InChI=1S/C8H17I/c1-4-6-8(9)7(3)5-2/h7-8H,4-6H2,1-3H3. The van der Waals surface area contributed by atoms with Crippen LogP contribution in [0.2, 0.25) is 0 Å². The van der Waals surface area contributed by atoms with E-state index in [1.165, 1.54) is 19.3 Å². The average molecular weight is 240 g/mol. The summed E-state index contributed by atoms with van der Waals surface area (Å²) in [5.74, 6) is 0.908. The van der Waals surface area contributed by atoms with Crippen LogP contribution in [0.1, 0.15) is 40.0 Å². The van der Waals surface area contributed by atoms with Crippen molar-refractivity contribution < 1.29 is 0 Å². The van der Waals surface area contributed by atoms with Crippen LogP contribution in [0.4, 0.5) is 0 Å². The van der Waals surface area contributed by atoms with Gasteiger partial charge in [-0.25, -0.2) is 0 Å². The minimum absolute atomic E-state index is 0.901. The summed E-state index contributed by atoms with van der Waals surface area (Å²) in [7, 11) is 0. The van der Waals surface area contributed by atoms with E-state index in [0.29, 0.717) is 0 Å². The third kappa shape index (κ3) is 4.18. The summed E-state index contributed by atoms with van der Waals surface area (Å²) in [6.45, 7) is 6.87. The van der Waals surface area contributed by atoms with E-state index < -0.39 is 0 Å². The topological polar surface area (TPSA) is 0 Å². The molecule has 0 aliphatic heterocycles. The molecule has 0 aliphatic rings. The molecule has 0 rings (SSSR count). The lowest BCUT2D eigenvalue weighted by molar-refractivity contribution is 0.522. The molecule has 0 aromatic carbocycles. The molecular formula is C8H17I. The Kier molecular flexibility index (Phi) is 5.96. The van der Waals surface area contributed by atoms with Crippen LogP contribution in [0.25, 0.3) is 0 Å². The first-order valence-corrected chi connectivity index (χ1v) is 5.11. The summed E-state index contributed by atoms with van der Waals surface area (Å²) in [6, 6.07) is 0. The molecule has 0 saturated carbocycles. The third-order valence-corrected chi connectivity index (χ3v) is 3.68. The molecule has 0 heterocycles. The molecule has 0 amide bonds. The van der Waals surface area contributed by atoms with Crippen molar-refractivity contribution in [1.82, 2.24) is 0 Å². The zero-order valence-corrected chi connectivity index (χ0v) is 8.81. The maximum atomic E-state index is 2.57. The van der Waals surface area contributed by atoms with Crippen molar-refractivity contribution in [2.45, 2.75) is 44.0 Å². The number of hydrogen-bond donors (Lipinski definition) is 0. The molecule has 56 valence electrons. The quantitative estimate of drug-likeness (QED) is 0.520. The second-order valence-electron chi connectivity index (χ2n) is 2.69. The molecule has 0 radical (unpaired) electrons. The van der Waals surface area contributed by atoms with E-state index in [0.717, 1.165) is 9.84 Å². The van der Waals surface area contributed by atoms with Crippen molar-refractivity contribution in [2.75, 3.05) is 0 Å². The number of hydrogen-bond acceptors (Lipinski definition) is 0. The smallest absolute Gasteiger partial charge is 0.0135 e. The Labute approximate surface area is 72.6 Å². The largest absolute Gasteiger partial charge is 0.0823 e. The number of rotatable bonds is 4. The van der Waals surface area contributed by atoms with Gasteiger partial charge in [-0.15, -0.1) is 0 Å². The monoisotopic (exact) mass is 240 g/mol. The lowest BCUT2D eigenvalue weighted by Gasteiger charge is -2.14. The van der Waals surface area contributed by atoms with Crippen LogP contribution in [-0.4, -0.2) is 3.92 Å². The highest BCUT2D eigenvalue weighted by Crippen LogP contribution is 2.20. The molecule has 0 saturated heterocycles. The Morgan fingerprint density at radius 2 is 1.89 bits per heavy atom. The fourth-order valence-corrected chi connectivity index (χ4v) is 1.95. The van der Waals surface area contributed by atoms with Crippen molar-refractivity contribution in [3.8, 4) is 0 Å². The van der Waals surface area contributed by atoms with Crippen molar-refractivity contribution in [3.05, 3.63) is 0 Å². The Morgan fingerprint density at radius 3 is 2.22 bits per heavy atom. The molecule has 2 atom stereocenters. The fourth-order valence-electron chi connectivity index (χ4n) is 0.816. The number of alkyl halides is 1. The SMILES string of the molecule is CCCC(I)C(C)CC. The molecule has 0 N–H and O–H groups in total. The summed E-state index contributed by atoms with van der Waals surface area (Å²) in [4.78, 5) is 0. The van der Waals surface area contributed by atoms with Crippen LogP contribution in [0, 0.1) is 5.92 Å². The lowest BCUT2D eigenvalue weighted by atomic mass is 10.0. The van der Waals surface area contributed by atoms with Crippen molar-refractivity contribution in [2.24, 2.45) is 5.92 Å². The van der Waals surface area contributed by atoms with E-state index in [1.54, 1.807) is 0 Å². The summed E-state index contributed by atoms with van der Waals surface area (Å²) in [5.41, 5.74) is 0. The molecule has 0 fully saturated rings. The minimum atomic E-state index is 0.901. The second-order valence-corrected chi connectivity index (χ2v) is 4.29. The van der Waals surface area contributed by atoms with E-state index in [9.17, 15) is 0 Å². The average Bonchev–Trinajstić information content (AvgIpc) is 1.87. The van der Waals surface area contributed by atoms with Crippen LogP contribution >= 0.6 is 22.6 Å². The van der Waals surface area contributed by atoms with Gasteiger partial charge in [-0.3, -0.25) is 0 Å². The Bertz CT molecular complexity index is 61.6. The Morgan fingerprint density at radius 1 is 1.33 bits per heavy atom. The maximum absolute atomic E-state index is 2.57. The third-order valence-electron chi connectivity index (χ3n) is 1.83. The van der Waals surface area contributed by atoms with Gasteiger partial charge >= 0.3 is 0 Å². The minimum Gasteiger partial charge on any atom is -0.0823 e. The van der Waals surface area contributed by atoms with Crippen LogP contribution in [0.5, 0.6) is 0 Å². The van der Waals surface area contributed by atoms with Crippen LogP contribution in [0.3, 0.4) is 0 Å². The molecule has 0 aromatic rings. The van der Waals surface area contributed by atoms with Crippen molar-refractivity contribution >= 4 is 22.6 Å². The highest BCUT2D eigenvalue weighted by atomic mass is 127. The van der Waals surface area contributed by atoms with Crippen LogP contribution < -0.4 is 0 Å². The zero-order chi connectivity index (χ0) is 7.28. The number of halogens is 1. The van der Waals surface area contributed by atoms with Crippen LogP contribution in [-0.2, 0) is 0 Å². The highest BCUT2D eigenvalue weighted by molar-refractivity contribution is 14.1. The van der Waals surface area contributed by atoms with E-state index in [2.05, 4.69) is 43.4 Å². The van der Waals surface area contributed by atoms with Gasteiger partial charge in [0.1, 0.15) is 0 Å². The maximum Gasteiger partial charge on any atom is 0.0135 e. The van der Waals surface area contributed by atoms with Gasteiger partial charge in [-0.2, -0.15) is 0 Å². The van der Waals surface area contributed by atoms with E-state index in [1.807, 2.05) is 0 Å². The molecule has 0 aliphatic carbocycles. The molecule has 1 heteroatoms. The normalized spacial score (nSPS) is 17.3. The summed E-state index contributed by atoms with van der Waals surface area (Å²) >= 11 is 2.57. The molecular weight excluding hydrogens is 223 g/mol. The molecule has 0 spiro atoms. The predicted molar refractivity (Wildman–Crippen MR) is 52.2 cm³/mol. The Hall–Kier alpha value is 0.730. The lowest BCUT2D eigenvalue weighted by Crippen LogP contribution is -2.08. The van der Waals surface area contributed by atoms with Gasteiger partial charge in [0.15, 0.2) is 0 Å². The first-order valence-electron chi connectivity index (χ1n) is 3.86. The van der Waals surface area contributed by atoms with Crippen molar-refractivity contribution in [1.29, 1.82) is 0 Å². The molecule has 9 heavy (non-hydrogen) atoms. The first kappa shape index (κ1) is 9.73. The Balaban J connectivity index is 3.32. The summed E-state index contributed by atoms with van der Waals surface area (Å²) in [6.07, 6.45) is 4.04. The van der Waals surface area contributed by atoms with E-state index in [-0.39, 0.29) is 0 Å². The van der Waals surface area contributed by atoms with Gasteiger partial charge in [0.05, 0.1) is 0 Å². The highest BCUT2D eigenvalue weighted by Gasteiger charge is 2.09. The van der Waals surface area contributed by atoms with Gasteiger partial charge in [0.25, 0.3) is 0 Å². The van der Waals surface area contributed by atoms with Gasteiger partial charge in [0, 0.05) is 3.92 Å². The van der Waals surface area contributed by atoms with E-state index in [4.69, 9.17) is 0 Å². The summed E-state index contributed by atoms with van der Waals surface area (Å²) < 4.78 is 0.901. The molecule has 0 bridgehead atoms. The van der Waals surface area contributed by atoms with Crippen molar-refractivity contribution in [3.63, 3.8) is 0 Å². The molecule has 0 aromatic heterocycles. The fraction of sp³-hybridized carbons (Fsp3) is 1.00. The zero-order valence-electron chi connectivity index (χ0n) is 6.65. The van der Waals surface area contributed by atoms with Gasteiger partial charge in [-0.1, -0.05) is 56.2 Å². The van der Waals surface area contributed by atoms with Gasteiger partial charge in [0.2, 0.25) is 0 Å². The molecule has 2 unspecified atom stereocenters. The first-order chi connectivity index (χ1) is 4.22. The predicted octanol–water partition coefficient (Wildman–Crippen LogP) is 3.64.